The second-order valence-corrected chi connectivity index (χ2v) is 10.3. The summed E-state index contributed by atoms with van der Waals surface area (Å²) in [5.74, 6) is 0.205. The fourth-order valence-corrected chi connectivity index (χ4v) is 5.58. The highest BCUT2D eigenvalue weighted by atomic mass is 35.5. The zero-order chi connectivity index (χ0) is 23.9. The number of amides is 2. The molecule has 1 aromatic rings. The maximum Gasteiger partial charge on any atom is 0.230 e. The molecule has 4 rings (SSSR count). The van der Waals surface area contributed by atoms with Crippen molar-refractivity contribution in [3.05, 3.63) is 29.3 Å². The molecule has 34 heavy (non-hydrogen) atoms. The summed E-state index contributed by atoms with van der Waals surface area (Å²) in [6, 6.07) is 7.60. The molecule has 2 amide bonds. The molecular formula is C26H39ClN4O3. The van der Waals surface area contributed by atoms with Gasteiger partial charge in [-0.25, -0.2) is 0 Å². The number of anilines is 1. The van der Waals surface area contributed by atoms with Crippen molar-refractivity contribution in [2.24, 2.45) is 5.92 Å². The van der Waals surface area contributed by atoms with Crippen LogP contribution in [0.1, 0.15) is 39.0 Å². The van der Waals surface area contributed by atoms with Crippen LogP contribution >= 0.6 is 11.6 Å². The van der Waals surface area contributed by atoms with Crippen LogP contribution in [0.5, 0.6) is 0 Å². The standard InChI is InChI=1S/C26H39ClN4O3/c1-21(32)30-12-8-22(9-13-30)26(33)31(24-6-2-5-23(27)19-24)11-4-10-28-14-16-29(17-15-28)20-25-7-3-18-34-25/h2,5-6,19,22,25H,3-4,7-18,20H2,1H3. The van der Waals surface area contributed by atoms with E-state index in [1.807, 2.05) is 34.1 Å². The Labute approximate surface area is 208 Å². The van der Waals surface area contributed by atoms with Gasteiger partial charge in [0.25, 0.3) is 0 Å². The lowest BCUT2D eigenvalue weighted by Crippen LogP contribution is -2.49. The maximum atomic E-state index is 13.5. The molecule has 1 atom stereocenters. The first kappa shape index (κ1) is 25.4. The van der Waals surface area contributed by atoms with Crippen LogP contribution in [0.15, 0.2) is 24.3 Å². The van der Waals surface area contributed by atoms with Crippen molar-refractivity contribution in [1.29, 1.82) is 0 Å². The Morgan fingerprint density at radius 1 is 1.06 bits per heavy atom. The third-order valence-electron chi connectivity index (χ3n) is 7.48. The average molecular weight is 491 g/mol. The van der Waals surface area contributed by atoms with E-state index in [0.717, 1.165) is 70.8 Å². The van der Waals surface area contributed by atoms with Gasteiger partial charge >= 0.3 is 0 Å². The number of piperazine rings is 1. The van der Waals surface area contributed by atoms with E-state index in [9.17, 15) is 9.59 Å². The number of benzene rings is 1. The fraction of sp³-hybridized carbons (Fsp3) is 0.692. The number of halogens is 1. The van der Waals surface area contributed by atoms with E-state index >= 15 is 0 Å². The van der Waals surface area contributed by atoms with Gasteiger partial charge in [-0.3, -0.25) is 14.5 Å². The first-order valence-corrected chi connectivity index (χ1v) is 13.3. The summed E-state index contributed by atoms with van der Waals surface area (Å²) in [5.41, 5.74) is 0.868. The van der Waals surface area contributed by atoms with E-state index in [-0.39, 0.29) is 17.7 Å². The smallest absolute Gasteiger partial charge is 0.230 e. The second-order valence-electron chi connectivity index (χ2n) is 9.88. The molecule has 3 fully saturated rings. The third-order valence-corrected chi connectivity index (χ3v) is 7.72. The van der Waals surface area contributed by atoms with Crippen molar-refractivity contribution < 1.29 is 14.3 Å². The molecule has 1 unspecified atom stereocenters. The molecule has 0 radical (unpaired) electrons. The van der Waals surface area contributed by atoms with Gasteiger partial charge < -0.3 is 19.4 Å². The largest absolute Gasteiger partial charge is 0.377 e. The number of nitrogens with zero attached hydrogens (tertiary/aromatic N) is 4. The van der Waals surface area contributed by atoms with Crippen LogP contribution in [0.4, 0.5) is 5.69 Å². The SMILES string of the molecule is CC(=O)N1CCC(C(=O)N(CCCN2CCN(CC3CCCO3)CC2)c2cccc(Cl)c2)CC1. The van der Waals surface area contributed by atoms with Gasteiger partial charge in [-0.05, 0) is 56.8 Å². The number of piperidine rings is 1. The molecule has 3 heterocycles. The molecule has 3 aliphatic heterocycles. The van der Waals surface area contributed by atoms with Gasteiger partial charge in [-0.2, -0.15) is 0 Å². The molecule has 188 valence electrons. The third kappa shape index (κ3) is 6.94. The van der Waals surface area contributed by atoms with Crippen molar-refractivity contribution in [2.45, 2.75) is 45.1 Å². The van der Waals surface area contributed by atoms with Crippen LogP contribution in [-0.4, -0.2) is 98.1 Å². The van der Waals surface area contributed by atoms with E-state index < -0.39 is 0 Å². The monoisotopic (exact) mass is 490 g/mol. The lowest BCUT2D eigenvalue weighted by Gasteiger charge is -2.36. The maximum absolute atomic E-state index is 13.5. The summed E-state index contributed by atoms with van der Waals surface area (Å²) in [5, 5.41) is 0.643. The number of likely N-dealkylation sites (tertiary alicyclic amines) is 1. The summed E-state index contributed by atoms with van der Waals surface area (Å²) in [7, 11) is 0. The number of hydrogen-bond acceptors (Lipinski definition) is 5. The summed E-state index contributed by atoms with van der Waals surface area (Å²) in [4.78, 5) is 34.0. The van der Waals surface area contributed by atoms with Gasteiger partial charge in [0.1, 0.15) is 0 Å². The Kier molecular flexibility index (Phi) is 9.23. The number of hydrogen-bond donors (Lipinski definition) is 0. The van der Waals surface area contributed by atoms with E-state index in [1.165, 1.54) is 12.8 Å². The van der Waals surface area contributed by atoms with Crippen LogP contribution in [0.25, 0.3) is 0 Å². The van der Waals surface area contributed by atoms with Gasteiger partial charge in [0, 0.05) is 82.5 Å². The zero-order valence-corrected chi connectivity index (χ0v) is 21.2. The number of carbonyl (C=O) groups excluding carboxylic acids is 2. The van der Waals surface area contributed by atoms with Crippen molar-refractivity contribution in [2.75, 3.05) is 70.4 Å². The quantitative estimate of drug-likeness (QED) is 0.560. The minimum Gasteiger partial charge on any atom is -0.377 e. The molecule has 0 saturated carbocycles. The zero-order valence-electron chi connectivity index (χ0n) is 20.5. The van der Waals surface area contributed by atoms with Crippen LogP contribution in [0.2, 0.25) is 5.02 Å². The molecule has 7 nitrogen and oxygen atoms in total. The molecule has 0 aromatic heterocycles. The molecule has 0 spiro atoms. The minimum atomic E-state index is -0.0454. The van der Waals surface area contributed by atoms with Crippen LogP contribution in [0, 0.1) is 5.92 Å². The molecule has 8 heteroatoms. The van der Waals surface area contributed by atoms with Crippen LogP contribution < -0.4 is 4.90 Å². The highest BCUT2D eigenvalue weighted by molar-refractivity contribution is 6.30. The summed E-state index contributed by atoms with van der Waals surface area (Å²) < 4.78 is 5.79. The van der Waals surface area contributed by atoms with Gasteiger partial charge in [-0.15, -0.1) is 0 Å². The van der Waals surface area contributed by atoms with Crippen molar-refractivity contribution >= 4 is 29.1 Å². The van der Waals surface area contributed by atoms with Crippen molar-refractivity contribution in [3.63, 3.8) is 0 Å². The van der Waals surface area contributed by atoms with Crippen molar-refractivity contribution in [3.8, 4) is 0 Å². The lowest BCUT2D eigenvalue weighted by atomic mass is 9.94. The van der Waals surface area contributed by atoms with Gasteiger partial charge in [0.05, 0.1) is 6.10 Å². The Morgan fingerprint density at radius 2 is 1.79 bits per heavy atom. The molecular weight excluding hydrogens is 452 g/mol. The van der Waals surface area contributed by atoms with Crippen LogP contribution in [0.3, 0.4) is 0 Å². The summed E-state index contributed by atoms with van der Waals surface area (Å²) >= 11 is 6.26. The Morgan fingerprint density at radius 3 is 2.44 bits per heavy atom. The molecule has 1 aromatic carbocycles. The topological polar surface area (TPSA) is 56.3 Å². The number of carbonyl (C=O) groups is 2. The normalized spacial score (nSPS) is 22.8. The first-order valence-electron chi connectivity index (χ1n) is 12.9. The summed E-state index contributed by atoms with van der Waals surface area (Å²) in [6.45, 7) is 10.9. The Bertz CT molecular complexity index is 816. The summed E-state index contributed by atoms with van der Waals surface area (Å²) in [6.07, 6.45) is 5.19. The Hall–Kier alpha value is -1.67. The predicted octanol–water partition coefficient (Wildman–Crippen LogP) is 3.12. The molecule has 0 N–H and O–H groups in total. The van der Waals surface area contributed by atoms with Crippen LogP contribution in [-0.2, 0) is 14.3 Å². The van der Waals surface area contributed by atoms with E-state index in [4.69, 9.17) is 16.3 Å². The van der Waals surface area contributed by atoms with E-state index in [2.05, 4.69) is 9.80 Å². The fourth-order valence-electron chi connectivity index (χ4n) is 5.40. The minimum absolute atomic E-state index is 0.0454. The molecule has 3 saturated heterocycles. The van der Waals surface area contributed by atoms with Gasteiger partial charge in [-0.1, -0.05) is 17.7 Å². The second kappa shape index (κ2) is 12.3. The molecule has 0 aliphatic carbocycles. The van der Waals surface area contributed by atoms with E-state index in [1.54, 1.807) is 6.92 Å². The molecule has 3 aliphatic rings. The van der Waals surface area contributed by atoms with Gasteiger partial charge in [0.15, 0.2) is 0 Å². The van der Waals surface area contributed by atoms with Gasteiger partial charge in [0.2, 0.25) is 11.8 Å². The number of ether oxygens (including phenoxy) is 1. The average Bonchev–Trinajstić information content (AvgIpc) is 3.35. The first-order chi connectivity index (χ1) is 16.5. The van der Waals surface area contributed by atoms with Crippen molar-refractivity contribution in [1.82, 2.24) is 14.7 Å². The Balaban J connectivity index is 1.28. The highest BCUT2D eigenvalue weighted by Gasteiger charge is 2.30. The predicted molar refractivity (Wildman–Crippen MR) is 135 cm³/mol. The highest BCUT2D eigenvalue weighted by Crippen LogP contribution is 2.26. The number of rotatable bonds is 8. The van der Waals surface area contributed by atoms with E-state index in [0.29, 0.717) is 30.8 Å². The lowest BCUT2D eigenvalue weighted by molar-refractivity contribution is -0.133. The molecule has 0 bridgehead atoms.